The van der Waals surface area contributed by atoms with Gasteiger partial charge >= 0.3 is 0 Å². The van der Waals surface area contributed by atoms with E-state index in [1.165, 1.54) is 0 Å². The Kier molecular flexibility index (Phi) is 11.1. The van der Waals surface area contributed by atoms with Gasteiger partial charge in [0.2, 0.25) is 0 Å². The molecule has 0 aromatic heterocycles. The number of hydrogen-bond donors (Lipinski definition) is 0. The van der Waals surface area contributed by atoms with Gasteiger partial charge in [0.25, 0.3) is 0 Å². The molecule has 0 heterocycles. The Labute approximate surface area is 75.2 Å². The van der Waals surface area contributed by atoms with E-state index in [0.29, 0.717) is 0 Å². The average Bonchev–Trinajstić information content (AvgIpc) is 1.38. The predicted octanol–water partition coefficient (Wildman–Crippen LogP) is 1.84. The Morgan fingerprint density at radius 3 is 1.83 bits per heavy atom. The van der Waals surface area contributed by atoms with Crippen molar-refractivity contribution in [3.8, 4) is 0 Å². The summed E-state index contributed by atoms with van der Waals surface area (Å²) in [6.07, 6.45) is 0.972. The van der Waals surface area contributed by atoms with E-state index in [1.807, 2.05) is 13.8 Å². The van der Waals surface area contributed by atoms with Crippen LogP contribution in [0.3, 0.4) is 0 Å². The van der Waals surface area contributed by atoms with Crippen molar-refractivity contribution in [2.75, 3.05) is 0 Å². The fraction of sp³-hybridized carbons (Fsp3) is 1.00. The van der Waals surface area contributed by atoms with Crippen LogP contribution in [0.4, 0.5) is 0 Å². The van der Waals surface area contributed by atoms with Gasteiger partial charge in [-0.3, -0.25) is 0 Å². The normalized spacial score (nSPS) is 12.5. The Hall–Kier alpha value is 1.40. The van der Waals surface area contributed by atoms with Crippen molar-refractivity contribution in [2.24, 2.45) is 0 Å². The molecule has 2 heteroatoms. The van der Waals surface area contributed by atoms with Crippen molar-refractivity contribution in [1.29, 1.82) is 0 Å². The van der Waals surface area contributed by atoms with Gasteiger partial charge in [-0.1, -0.05) is 20.3 Å². The summed E-state index contributed by atoms with van der Waals surface area (Å²) in [5, 5.41) is 0. The molecule has 0 aliphatic rings. The average molecular weight is 299 g/mol. The summed E-state index contributed by atoms with van der Waals surface area (Å²) < 4.78 is 0. The second-order valence-electron chi connectivity index (χ2n) is 1.31. The zero-order chi connectivity index (χ0) is 4.28. The molecule has 6 heavy (non-hydrogen) atoms. The zero-order valence-electron chi connectivity index (χ0n) is 4.36. The van der Waals surface area contributed by atoms with Gasteiger partial charge in [0.1, 0.15) is 0 Å². The molecule has 1 N–H and O–H groups in total. The number of nitrogens with one attached hydrogen (secondary N) is 1. The van der Waals surface area contributed by atoms with E-state index in [2.05, 4.69) is 0 Å². The summed E-state index contributed by atoms with van der Waals surface area (Å²) in [5.41, 5.74) is 6.83. The third kappa shape index (κ3) is 9.04. The van der Waals surface area contributed by atoms with E-state index >= 15 is 0 Å². The molecule has 0 spiro atoms. The summed E-state index contributed by atoms with van der Waals surface area (Å²) in [5.74, 6) is 0. The third-order valence-electron chi connectivity index (χ3n) is 0.612. The summed E-state index contributed by atoms with van der Waals surface area (Å²) in [6, 6.07) is 0.134. The molecule has 0 fully saturated rings. The van der Waals surface area contributed by atoms with Crippen molar-refractivity contribution in [3.05, 3.63) is 5.73 Å². The Bertz CT molecular complexity index is 21.5. The van der Waals surface area contributed by atoms with Gasteiger partial charge in [-0.2, -0.15) is 0 Å². The Balaban J connectivity index is 0. The summed E-state index contributed by atoms with van der Waals surface area (Å²) >= 11 is 0. The molecule has 1 radical (unpaired) electrons. The van der Waals surface area contributed by atoms with Crippen LogP contribution < -0.4 is 0 Å². The summed E-state index contributed by atoms with van der Waals surface area (Å²) in [4.78, 5) is 0. The SMILES string of the molecule is CCC(C)[NH-].[Ac]. The van der Waals surface area contributed by atoms with Crippen molar-refractivity contribution < 1.29 is 44.1 Å². The first-order chi connectivity index (χ1) is 2.27. The molecule has 0 saturated carbocycles. The maximum absolute atomic E-state index is 6.83. The first-order valence-electron chi connectivity index (χ1n) is 1.98. The molecule has 1 unspecified atom stereocenters. The van der Waals surface area contributed by atoms with Crippen molar-refractivity contribution in [1.82, 2.24) is 0 Å². The van der Waals surface area contributed by atoms with E-state index in [4.69, 9.17) is 5.73 Å². The van der Waals surface area contributed by atoms with Gasteiger partial charge in [-0.05, 0) is 0 Å². The molecule has 0 aromatic carbocycles. The molecule has 0 bridgehead atoms. The summed E-state index contributed by atoms with van der Waals surface area (Å²) in [6.45, 7) is 3.90. The molecule has 0 aromatic rings. The molecule has 1 nitrogen and oxygen atoms in total. The van der Waals surface area contributed by atoms with Gasteiger partial charge in [-0.25, -0.2) is 0 Å². The van der Waals surface area contributed by atoms with E-state index < -0.39 is 0 Å². The molecule has 1 atom stereocenters. The molecule has 35 valence electrons. The van der Waals surface area contributed by atoms with E-state index in [0.717, 1.165) is 6.42 Å². The molecule has 0 saturated heterocycles. The maximum atomic E-state index is 6.83. The smallest absolute Gasteiger partial charge is 0 e. The van der Waals surface area contributed by atoms with Gasteiger partial charge in [-0.15, -0.1) is 6.04 Å². The van der Waals surface area contributed by atoms with E-state index in [-0.39, 0.29) is 50.1 Å². The Morgan fingerprint density at radius 2 is 1.83 bits per heavy atom. The monoisotopic (exact) mass is 299 g/mol. The van der Waals surface area contributed by atoms with Crippen LogP contribution in [0.25, 0.3) is 5.73 Å². The first kappa shape index (κ1) is 10.4. The van der Waals surface area contributed by atoms with Crippen LogP contribution in [-0.4, -0.2) is 6.04 Å². The minimum Gasteiger partial charge on any atom is -0.675 e. The van der Waals surface area contributed by atoms with Crippen LogP contribution in [0, 0.1) is 44.1 Å². The quantitative estimate of drug-likeness (QED) is 0.705. The van der Waals surface area contributed by atoms with E-state index in [1.54, 1.807) is 0 Å². The van der Waals surface area contributed by atoms with Crippen molar-refractivity contribution in [3.63, 3.8) is 0 Å². The summed E-state index contributed by atoms with van der Waals surface area (Å²) in [7, 11) is 0. The fourth-order valence-corrected chi connectivity index (χ4v) is 0. The van der Waals surface area contributed by atoms with Crippen LogP contribution in [0.5, 0.6) is 0 Å². The molecule has 0 aliphatic heterocycles. The minimum atomic E-state index is 0. The fourth-order valence-electron chi connectivity index (χ4n) is 0. The van der Waals surface area contributed by atoms with Crippen LogP contribution in [0.15, 0.2) is 0 Å². The van der Waals surface area contributed by atoms with E-state index in [9.17, 15) is 0 Å². The number of rotatable bonds is 1. The van der Waals surface area contributed by atoms with Crippen molar-refractivity contribution in [2.45, 2.75) is 26.3 Å². The maximum Gasteiger partial charge on any atom is 0 e. The number of hydrogen-bond acceptors (Lipinski definition) is 0. The van der Waals surface area contributed by atoms with Gasteiger partial charge in [0.15, 0.2) is 0 Å². The topological polar surface area (TPSA) is 23.8 Å². The van der Waals surface area contributed by atoms with Crippen LogP contribution in [0.1, 0.15) is 20.3 Å². The van der Waals surface area contributed by atoms with Crippen molar-refractivity contribution >= 4 is 0 Å². The minimum absolute atomic E-state index is 0. The standard InChI is InChI=1S/C4H10N.Ac/c1-3-4(2)5;/h4-5H,3H2,1-2H3;/q-1;. The van der Waals surface area contributed by atoms with Crippen LogP contribution >= 0.6 is 0 Å². The van der Waals surface area contributed by atoms with Gasteiger partial charge < -0.3 is 5.73 Å². The first-order valence-corrected chi connectivity index (χ1v) is 1.98. The molecule has 0 amide bonds. The molecular formula is C4H10AcN-. The molecule has 0 rings (SSSR count). The second-order valence-corrected chi connectivity index (χ2v) is 1.31. The predicted molar refractivity (Wildman–Crippen MR) is 24.1 cm³/mol. The van der Waals surface area contributed by atoms with Gasteiger partial charge in [0, 0.05) is 44.1 Å². The zero-order valence-corrected chi connectivity index (χ0v) is 9.11. The second kappa shape index (κ2) is 6.40. The largest absolute Gasteiger partial charge is 0.675 e. The third-order valence-corrected chi connectivity index (χ3v) is 0.612. The van der Waals surface area contributed by atoms with Gasteiger partial charge in [0.05, 0.1) is 0 Å². The van der Waals surface area contributed by atoms with Crippen LogP contribution in [-0.2, 0) is 0 Å². The van der Waals surface area contributed by atoms with Crippen LogP contribution in [0.2, 0.25) is 0 Å². The molecule has 0 aliphatic carbocycles. The molecular weight excluding hydrogens is 289 g/mol. The Morgan fingerprint density at radius 1 is 1.67 bits per heavy atom.